The lowest BCUT2D eigenvalue weighted by atomic mass is 9.92. The van der Waals surface area contributed by atoms with Crippen LogP contribution in [0.4, 0.5) is 5.82 Å². The van der Waals surface area contributed by atoms with Gasteiger partial charge in [-0.25, -0.2) is 4.98 Å². The van der Waals surface area contributed by atoms with Crippen molar-refractivity contribution >= 4 is 5.82 Å². The quantitative estimate of drug-likeness (QED) is 0.192. The molecule has 0 spiro atoms. The minimum atomic E-state index is 0.129. The lowest BCUT2D eigenvalue weighted by Gasteiger charge is -2.37. The molecule has 5 aromatic rings. The maximum atomic E-state index is 5.36. The van der Waals surface area contributed by atoms with E-state index in [1.807, 2.05) is 12.1 Å². The zero-order chi connectivity index (χ0) is 30.7. The molecule has 8 nitrogen and oxygen atoms in total. The van der Waals surface area contributed by atoms with Gasteiger partial charge in [-0.2, -0.15) is 5.21 Å². The lowest BCUT2D eigenvalue weighted by molar-refractivity contribution is 0.243. The van der Waals surface area contributed by atoms with Crippen molar-refractivity contribution in [3.05, 3.63) is 102 Å². The second kappa shape index (κ2) is 12.7. The van der Waals surface area contributed by atoms with Crippen LogP contribution in [0.2, 0.25) is 0 Å². The summed E-state index contributed by atoms with van der Waals surface area (Å²) in [6.07, 6.45) is 1.97. The van der Waals surface area contributed by atoms with Crippen LogP contribution in [0.3, 0.4) is 0 Å². The smallest absolute Gasteiger partial charge is 0.205 e. The number of hydrogen-bond donors (Lipinski definition) is 1. The van der Waals surface area contributed by atoms with Gasteiger partial charge in [0.15, 0.2) is 5.82 Å². The van der Waals surface area contributed by atoms with Crippen molar-refractivity contribution in [1.82, 2.24) is 35.1 Å². The number of rotatable bonds is 10. The maximum absolute atomic E-state index is 5.36. The van der Waals surface area contributed by atoms with Crippen molar-refractivity contribution in [3.63, 3.8) is 0 Å². The van der Waals surface area contributed by atoms with Crippen LogP contribution >= 0.6 is 0 Å². The Hall–Kier alpha value is -4.30. The lowest BCUT2D eigenvalue weighted by Crippen LogP contribution is -2.45. The molecule has 8 heteroatoms. The molecule has 0 unspecified atom stereocenters. The van der Waals surface area contributed by atoms with E-state index in [2.05, 4.69) is 136 Å². The van der Waals surface area contributed by atoms with Gasteiger partial charge in [0.2, 0.25) is 5.82 Å². The third-order valence-electron chi connectivity index (χ3n) is 8.13. The van der Waals surface area contributed by atoms with Gasteiger partial charge in [-0.15, -0.1) is 10.2 Å². The van der Waals surface area contributed by atoms with Gasteiger partial charge in [-0.05, 0) is 45.2 Å². The van der Waals surface area contributed by atoms with E-state index in [1.165, 1.54) is 28.5 Å². The van der Waals surface area contributed by atoms with Crippen LogP contribution in [0.15, 0.2) is 78.9 Å². The van der Waals surface area contributed by atoms with Crippen LogP contribution in [0.25, 0.3) is 22.5 Å². The molecule has 0 atom stereocenters. The predicted molar refractivity (Wildman–Crippen MR) is 177 cm³/mol. The molecule has 0 fully saturated rings. The summed E-state index contributed by atoms with van der Waals surface area (Å²) in [5.74, 6) is 3.49. The highest BCUT2D eigenvalue weighted by Crippen LogP contribution is 2.33. The van der Waals surface area contributed by atoms with Gasteiger partial charge < -0.3 is 9.47 Å². The highest BCUT2D eigenvalue weighted by molar-refractivity contribution is 5.80. The normalized spacial score (nSPS) is 13.9. The minimum absolute atomic E-state index is 0.129. The number of hydrogen-bond acceptors (Lipinski definition) is 6. The topological polar surface area (TPSA) is 78.8 Å². The van der Waals surface area contributed by atoms with Crippen molar-refractivity contribution in [2.24, 2.45) is 11.3 Å². The van der Waals surface area contributed by atoms with Crippen LogP contribution in [0.1, 0.15) is 57.3 Å². The number of aromatic amines is 1. The van der Waals surface area contributed by atoms with E-state index in [9.17, 15) is 0 Å². The number of anilines is 1. The highest BCUT2D eigenvalue weighted by Gasteiger charge is 2.31. The molecule has 0 amide bonds. The Bertz CT molecular complexity index is 1650. The molecular weight excluding hydrogens is 544 g/mol. The van der Waals surface area contributed by atoms with Gasteiger partial charge in [0.1, 0.15) is 5.82 Å². The van der Waals surface area contributed by atoms with Gasteiger partial charge in [-0.1, -0.05) is 113 Å². The number of tetrazole rings is 1. The standard InChI is InChI=1S/C36H44N8/c1-26(2)22-43-25-42(20-19-27-11-7-6-8-12-27)24-32-35(43)37-33(21-36(3,4)5)44(32)23-28-15-17-29(18-16-28)30-13-9-10-14-31(30)34-38-40-41-39-34/h6-18,26H,19-25H2,1-5H3,(H,38,39,40,41). The fraction of sp³-hybridized carbons (Fsp3) is 0.389. The Labute approximate surface area is 261 Å². The average molecular weight is 589 g/mol. The highest BCUT2D eigenvalue weighted by atomic mass is 15.5. The molecule has 0 radical (unpaired) electrons. The van der Waals surface area contributed by atoms with E-state index in [0.717, 1.165) is 62.4 Å². The SMILES string of the molecule is CC(C)CN1CN(CCc2ccccc2)Cc2c1nc(CC(C)(C)C)n2Cc1ccc(-c2ccccc2-c2nn[nH]n2)cc1. The van der Waals surface area contributed by atoms with Crippen LogP contribution in [0.5, 0.6) is 0 Å². The van der Waals surface area contributed by atoms with E-state index in [4.69, 9.17) is 4.98 Å². The molecule has 3 aromatic carbocycles. The first-order valence-electron chi connectivity index (χ1n) is 15.7. The first kappa shape index (κ1) is 29.8. The summed E-state index contributed by atoms with van der Waals surface area (Å²) in [4.78, 5) is 10.5. The molecule has 1 aliphatic heterocycles. The van der Waals surface area contributed by atoms with Gasteiger partial charge in [0, 0.05) is 38.2 Å². The molecule has 1 aliphatic rings. The Morgan fingerprint density at radius 1 is 0.864 bits per heavy atom. The Morgan fingerprint density at radius 2 is 1.59 bits per heavy atom. The average Bonchev–Trinajstić information content (AvgIpc) is 3.65. The minimum Gasteiger partial charge on any atom is -0.342 e. The Morgan fingerprint density at radius 3 is 2.27 bits per heavy atom. The van der Waals surface area contributed by atoms with Crippen LogP contribution in [-0.2, 0) is 25.9 Å². The Kier molecular flexibility index (Phi) is 8.62. The van der Waals surface area contributed by atoms with E-state index < -0.39 is 0 Å². The van der Waals surface area contributed by atoms with Gasteiger partial charge >= 0.3 is 0 Å². The largest absolute Gasteiger partial charge is 0.342 e. The van der Waals surface area contributed by atoms with Crippen molar-refractivity contribution in [2.75, 3.05) is 24.7 Å². The van der Waals surface area contributed by atoms with E-state index >= 15 is 0 Å². The second-order valence-corrected chi connectivity index (χ2v) is 13.6. The first-order valence-corrected chi connectivity index (χ1v) is 15.7. The zero-order valence-corrected chi connectivity index (χ0v) is 26.7. The maximum Gasteiger partial charge on any atom is 0.205 e. The van der Waals surface area contributed by atoms with Crippen molar-refractivity contribution in [1.29, 1.82) is 0 Å². The number of fused-ring (bicyclic) bond motifs is 1. The van der Waals surface area contributed by atoms with Gasteiger partial charge in [0.05, 0.1) is 12.4 Å². The summed E-state index contributed by atoms with van der Waals surface area (Å²) in [6.45, 7) is 16.1. The van der Waals surface area contributed by atoms with Crippen LogP contribution in [0, 0.1) is 11.3 Å². The monoisotopic (exact) mass is 588 g/mol. The number of aromatic nitrogens is 6. The molecular formula is C36H44N8. The molecule has 0 aliphatic carbocycles. The summed E-state index contributed by atoms with van der Waals surface area (Å²) < 4.78 is 2.50. The van der Waals surface area contributed by atoms with Crippen LogP contribution < -0.4 is 4.90 Å². The number of H-pyrrole nitrogens is 1. The summed E-state index contributed by atoms with van der Waals surface area (Å²) in [5.41, 5.74) is 7.29. The fourth-order valence-electron chi connectivity index (χ4n) is 6.14. The number of nitrogens with zero attached hydrogens (tertiary/aromatic N) is 7. The molecule has 2 aromatic heterocycles. The number of imidazole rings is 1. The fourth-order valence-corrected chi connectivity index (χ4v) is 6.14. The van der Waals surface area contributed by atoms with E-state index in [1.54, 1.807) is 0 Å². The molecule has 0 saturated heterocycles. The summed E-state index contributed by atoms with van der Waals surface area (Å²) in [6, 6.07) is 28.0. The van der Waals surface area contributed by atoms with Gasteiger partial charge in [-0.3, -0.25) is 4.90 Å². The van der Waals surface area contributed by atoms with E-state index in [-0.39, 0.29) is 5.41 Å². The Balaban J connectivity index is 1.31. The first-order chi connectivity index (χ1) is 21.2. The van der Waals surface area contributed by atoms with Gasteiger partial charge in [0.25, 0.3) is 0 Å². The van der Waals surface area contributed by atoms with Crippen molar-refractivity contribution < 1.29 is 0 Å². The zero-order valence-electron chi connectivity index (χ0n) is 26.7. The second-order valence-electron chi connectivity index (χ2n) is 13.6. The van der Waals surface area contributed by atoms with Crippen LogP contribution in [-0.4, -0.2) is 54.8 Å². The molecule has 3 heterocycles. The molecule has 0 bridgehead atoms. The third kappa shape index (κ3) is 6.91. The molecule has 0 saturated carbocycles. The number of benzene rings is 3. The summed E-state index contributed by atoms with van der Waals surface area (Å²) >= 11 is 0. The predicted octanol–water partition coefficient (Wildman–Crippen LogP) is 6.85. The molecule has 1 N–H and O–H groups in total. The third-order valence-corrected chi connectivity index (χ3v) is 8.13. The van der Waals surface area contributed by atoms with Crippen molar-refractivity contribution in [2.45, 2.75) is 60.5 Å². The molecule has 228 valence electrons. The summed E-state index contributed by atoms with van der Waals surface area (Å²) in [5, 5.41) is 14.8. The van der Waals surface area contributed by atoms with Crippen molar-refractivity contribution in [3.8, 4) is 22.5 Å². The molecule has 6 rings (SSSR count). The van der Waals surface area contributed by atoms with E-state index in [0.29, 0.717) is 11.7 Å². The number of nitrogens with one attached hydrogen (secondary N) is 1. The summed E-state index contributed by atoms with van der Waals surface area (Å²) in [7, 11) is 0. The molecule has 44 heavy (non-hydrogen) atoms.